The first-order chi connectivity index (χ1) is 10.7. The Kier molecular flexibility index (Phi) is 4.73. The van der Waals surface area contributed by atoms with Crippen LogP contribution < -0.4 is 5.32 Å². The largest absolute Gasteiger partial charge is 0.322 e. The SMILES string of the molecule is O=C(Nc1ccc(Cl)cc1)/C(=C/c1cccs1)c1ccsc1. The third-order valence-electron chi connectivity index (χ3n) is 3.01. The summed E-state index contributed by atoms with van der Waals surface area (Å²) in [7, 11) is 0. The van der Waals surface area contributed by atoms with Crippen molar-refractivity contribution in [2.24, 2.45) is 0 Å². The molecule has 110 valence electrons. The van der Waals surface area contributed by atoms with Gasteiger partial charge in [0.2, 0.25) is 0 Å². The van der Waals surface area contributed by atoms with Gasteiger partial charge in [-0.3, -0.25) is 4.79 Å². The second-order valence-corrected chi connectivity index (χ2v) is 6.74. The fourth-order valence-electron chi connectivity index (χ4n) is 1.94. The molecule has 1 aromatic carbocycles. The van der Waals surface area contributed by atoms with Crippen LogP contribution in [0.5, 0.6) is 0 Å². The number of anilines is 1. The molecule has 0 saturated heterocycles. The Bertz CT molecular complexity index is 775. The number of halogens is 1. The highest BCUT2D eigenvalue weighted by Gasteiger charge is 2.13. The van der Waals surface area contributed by atoms with Gasteiger partial charge < -0.3 is 5.32 Å². The van der Waals surface area contributed by atoms with E-state index in [1.165, 1.54) is 0 Å². The van der Waals surface area contributed by atoms with Crippen molar-refractivity contribution < 1.29 is 4.79 Å². The van der Waals surface area contributed by atoms with Crippen LogP contribution >= 0.6 is 34.3 Å². The van der Waals surface area contributed by atoms with E-state index in [0.717, 1.165) is 16.1 Å². The van der Waals surface area contributed by atoms with Crippen LogP contribution in [0, 0.1) is 0 Å². The summed E-state index contributed by atoms with van der Waals surface area (Å²) in [5, 5.41) is 9.49. The molecule has 5 heteroatoms. The monoisotopic (exact) mass is 345 g/mol. The van der Waals surface area contributed by atoms with E-state index in [4.69, 9.17) is 11.6 Å². The Morgan fingerprint density at radius 2 is 1.91 bits per heavy atom. The van der Waals surface area contributed by atoms with Crippen LogP contribution in [0.15, 0.2) is 58.6 Å². The van der Waals surface area contributed by atoms with Crippen LogP contribution in [0.25, 0.3) is 11.6 Å². The summed E-state index contributed by atoms with van der Waals surface area (Å²) in [6.45, 7) is 0. The maximum atomic E-state index is 12.6. The summed E-state index contributed by atoms with van der Waals surface area (Å²) in [6.07, 6.45) is 1.91. The zero-order valence-corrected chi connectivity index (χ0v) is 13.8. The van der Waals surface area contributed by atoms with E-state index in [2.05, 4.69) is 5.32 Å². The van der Waals surface area contributed by atoms with Crippen molar-refractivity contribution in [2.45, 2.75) is 0 Å². The zero-order valence-electron chi connectivity index (χ0n) is 11.5. The molecule has 2 aromatic heterocycles. The maximum Gasteiger partial charge on any atom is 0.256 e. The average molecular weight is 346 g/mol. The lowest BCUT2D eigenvalue weighted by atomic mass is 10.1. The van der Waals surface area contributed by atoms with Gasteiger partial charge >= 0.3 is 0 Å². The van der Waals surface area contributed by atoms with E-state index in [0.29, 0.717) is 10.6 Å². The second kappa shape index (κ2) is 6.92. The molecule has 2 heterocycles. The molecular weight excluding hydrogens is 334 g/mol. The molecule has 22 heavy (non-hydrogen) atoms. The molecular formula is C17H12ClNOS2. The lowest BCUT2D eigenvalue weighted by molar-refractivity contribution is -0.111. The molecule has 0 aliphatic rings. The van der Waals surface area contributed by atoms with E-state index in [1.807, 2.05) is 40.4 Å². The molecule has 0 aliphatic carbocycles. The lowest BCUT2D eigenvalue weighted by Crippen LogP contribution is -2.13. The number of carbonyl (C=O) groups is 1. The van der Waals surface area contributed by atoms with Gasteiger partial charge in [0, 0.05) is 21.2 Å². The first-order valence-electron chi connectivity index (χ1n) is 6.57. The van der Waals surface area contributed by atoms with Crippen LogP contribution in [-0.4, -0.2) is 5.91 Å². The summed E-state index contributed by atoms with van der Waals surface area (Å²) < 4.78 is 0. The number of rotatable bonds is 4. The van der Waals surface area contributed by atoms with E-state index >= 15 is 0 Å². The number of thiophene rings is 2. The highest BCUT2D eigenvalue weighted by Crippen LogP contribution is 2.24. The van der Waals surface area contributed by atoms with Gasteiger partial charge in [-0.1, -0.05) is 17.7 Å². The van der Waals surface area contributed by atoms with Crippen molar-refractivity contribution in [1.82, 2.24) is 0 Å². The molecule has 0 unspecified atom stereocenters. The number of carbonyl (C=O) groups excluding carboxylic acids is 1. The standard InChI is InChI=1S/C17H12ClNOS2/c18-13-3-5-14(6-4-13)19-17(20)16(12-7-9-21-11-12)10-15-2-1-8-22-15/h1-11H,(H,19,20)/b16-10+. The van der Waals surface area contributed by atoms with Gasteiger partial charge in [-0.15, -0.1) is 11.3 Å². The Balaban J connectivity index is 1.89. The Hall–Kier alpha value is -1.88. The predicted molar refractivity (Wildman–Crippen MR) is 96.6 cm³/mol. The van der Waals surface area contributed by atoms with Gasteiger partial charge in [0.25, 0.3) is 5.91 Å². The van der Waals surface area contributed by atoms with Crippen LogP contribution in [0.1, 0.15) is 10.4 Å². The fraction of sp³-hybridized carbons (Fsp3) is 0. The van der Waals surface area contributed by atoms with Crippen molar-refractivity contribution >= 4 is 57.5 Å². The summed E-state index contributed by atoms with van der Waals surface area (Å²) in [6, 6.07) is 13.0. The molecule has 0 atom stereocenters. The molecule has 0 saturated carbocycles. The Morgan fingerprint density at radius 1 is 1.09 bits per heavy atom. The van der Waals surface area contributed by atoms with Gasteiger partial charge in [-0.2, -0.15) is 11.3 Å². The van der Waals surface area contributed by atoms with Crippen LogP contribution in [0.4, 0.5) is 5.69 Å². The smallest absolute Gasteiger partial charge is 0.256 e. The molecule has 1 N–H and O–H groups in total. The van der Waals surface area contributed by atoms with Crippen molar-refractivity contribution in [2.75, 3.05) is 5.32 Å². The maximum absolute atomic E-state index is 12.6. The first kappa shape index (κ1) is 15.0. The molecule has 1 amide bonds. The number of amides is 1. The summed E-state index contributed by atoms with van der Waals surface area (Å²) in [5.74, 6) is -0.130. The quantitative estimate of drug-likeness (QED) is 0.609. The van der Waals surface area contributed by atoms with Gasteiger partial charge in [-0.05, 0) is 64.2 Å². The highest BCUT2D eigenvalue weighted by molar-refractivity contribution is 7.11. The molecule has 0 fully saturated rings. The minimum atomic E-state index is -0.130. The van der Waals surface area contributed by atoms with Crippen LogP contribution in [0.2, 0.25) is 5.02 Å². The molecule has 3 rings (SSSR count). The Morgan fingerprint density at radius 3 is 2.55 bits per heavy atom. The van der Waals surface area contributed by atoms with E-state index in [9.17, 15) is 4.79 Å². The average Bonchev–Trinajstić information content (AvgIpc) is 3.20. The fourth-order valence-corrected chi connectivity index (χ4v) is 3.38. The van der Waals surface area contributed by atoms with Crippen molar-refractivity contribution in [3.05, 3.63) is 74.1 Å². The number of benzene rings is 1. The topological polar surface area (TPSA) is 29.1 Å². The van der Waals surface area contributed by atoms with Gasteiger partial charge in [-0.25, -0.2) is 0 Å². The van der Waals surface area contributed by atoms with Crippen molar-refractivity contribution in [1.29, 1.82) is 0 Å². The van der Waals surface area contributed by atoms with E-state index < -0.39 is 0 Å². The molecule has 0 radical (unpaired) electrons. The van der Waals surface area contributed by atoms with Crippen LogP contribution in [-0.2, 0) is 4.79 Å². The zero-order chi connectivity index (χ0) is 15.4. The van der Waals surface area contributed by atoms with E-state index in [1.54, 1.807) is 46.9 Å². The lowest BCUT2D eigenvalue weighted by Gasteiger charge is -2.08. The van der Waals surface area contributed by atoms with Crippen molar-refractivity contribution in [3.63, 3.8) is 0 Å². The summed E-state index contributed by atoms with van der Waals surface area (Å²) >= 11 is 9.04. The predicted octanol–water partition coefficient (Wildman–Crippen LogP) is 5.64. The minimum Gasteiger partial charge on any atom is -0.322 e. The first-order valence-corrected chi connectivity index (χ1v) is 8.77. The molecule has 0 spiro atoms. The summed E-state index contributed by atoms with van der Waals surface area (Å²) in [5.41, 5.74) is 2.30. The molecule has 0 aliphatic heterocycles. The molecule has 3 aromatic rings. The number of hydrogen-bond acceptors (Lipinski definition) is 3. The van der Waals surface area contributed by atoms with E-state index in [-0.39, 0.29) is 5.91 Å². The highest BCUT2D eigenvalue weighted by atomic mass is 35.5. The summed E-state index contributed by atoms with van der Waals surface area (Å²) in [4.78, 5) is 13.7. The van der Waals surface area contributed by atoms with Crippen molar-refractivity contribution in [3.8, 4) is 0 Å². The number of nitrogens with one attached hydrogen (secondary N) is 1. The molecule has 2 nitrogen and oxygen atoms in total. The molecule has 0 bridgehead atoms. The van der Waals surface area contributed by atoms with Gasteiger partial charge in [0.1, 0.15) is 0 Å². The number of hydrogen-bond donors (Lipinski definition) is 1. The normalized spacial score (nSPS) is 11.4. The Labute approximate surface area is 141 Å². The third kappa shape index (κ3) is 3.65. The van der Waals surface area contributed by atoms with Crippen LogP contribution in [0.3, 0.4) is 0 Å². The van der Waals surface area contributed by atoms with Gasteiger partial charge in [0.15, 0.2) is 0 Å². The third-order valence-corrected chi connectivity index (χ3v) is 4.76. The minimum absolute atomic E-state index is 0.130. The second-order valence-electron chi connectivity index (χ2n) is 4.55. The van der Waals surface area contributed by atoms with Gasteiger partial charge in [0.05, 0.1) is 0 Å².